The number of amides is 2. The summed E-state index contributed by atoms with van der Waals surface area (Å²) in [5.41, 5.74) is 1.63. The normalized spacial score (nSPS) is 17.5. The Bertz CT molecular complexity index is 644. The number of rotatable bonds is 6. The molecule has 0 saturated carbocycles. The fourth-order valence-corrected chi connectivity index (χ4v) is 3.33. The average molecular weight is 362 g/mol. The van der Waals surface area contributed by atoms with E-state index in [4.69, 9.17) is 9.84 Å². The largest absolute Gasteiger partial charge is 0.480 e. The number of carbonyl (C=O) groups excluding carboxylic acids is 2. The van der Waals surface area contributed by atoms with Crippen LogP contribution in [0.25, 0.3) is 0 Å². The molecule has 1 aromatic carbocycles. The van der Waals surface area contributed by atoms with Gasteiger partial charge < -0.3 is 19.6 Å². The van der Waals surface area contributed by atoms with Gasteiger partial charge in [0, 0.05) is 38.7 Å². The zero-order valence-electron chi connectivity index (χ0n) is 15.3. The summed E-state index contributed by atoms with van der Waals surface area (Å²) in [5.74, 6) is -1.30. The Balaban J connectivity index is 2.01. The van der Waals surface area contributed by atoms with E-state index in [1.807, 2.05) is 12.1 Å². The molecule has 1 heterocycles. The molecule has 7 nitrogen and oxygen atoms in total. The number of carboxylic acid groups (broad SMARTS) is 1. The lowest BCUT2D eigenvalue weighted by molar-refractivity contribution is -0.145. The molecule has 142 valence electrons. The molecular weight excluding hydrogens is 336 g/mol. The van der Waals surface area contributed by atoms with Gasteiger partial charge in [0.05, 0.1) is 6.61 Å². The van der Waals surface area contributed by atoms with Crippen molar-refractivity contribution in [2.45, 2.75) is 38.8 Å². The molecule has 1 N–H and O–H groups in total. The van der Waals surface area contributed by atoms with Gasteiger partial charge in [0.25, 0.3) is 5.91 Å². The first-order chi connectivity index (χ1) is 12.4. The number of nitrogens with zero attached hydrogens (tertiary/aromatic N) is 2. The summed E-state index contributed by atoms with van der Waals surface area (Å²) in [7, 11) is 1.63. The molecule has 0 bridgehead atoms. The predicted molar refractivity (Wildman–Crippen MR) is 95.7 cm³/mol. The highest BCUT2D eigenvalue weighted by Crippen LogP contribution is 2.19. The van der Waals surface area contributed by atoms with Crippen molar-refractivity contribution in [2.75, 3.05) is 26.7 Å². The molecule has 7 heteroatoms. The van der Waals surface area contributed by atoms with Crippen molar-refractivity contribution < 1.29 is 24.2 Å². The van der Waals surface area contributed by atoms with E-state index in [1.54, 1.807) is 24.1 Å². The van der Waals surface area contributed by atoms with E-state index in [1.165, 1.54) is 11.8 Å². The molecule has 1 aromatic rings. The summed E-state index contributed by atoms with van der Waals surface area (Å²) in [5, 5.41) is 9.02. The first-order valence-corrected chi connectivity index (χ1v) is 8.78. The molecule has 0 spiro atoms. The van der Waals surface area contributed by atoms with Crippen LogP contribution < -0.4 is 0 Å². The van der Waals surface area contributed by atoms with Gasteiger partial charge in [-0.1, -0.05) is 12.1 Å². The van der Waals surface area contributed by atoms with Crippen LogP contribution in [0.3, 0.4) is 0 Å². The number of likely N-dealkylation sites (tertiary alicyclic amines) is 1. The molecule has 1 unspecified atom stereocenters. The molecule has 0 aromatic heterocycles. The summed E-state index contributed by atoms with van der Waals surface area (Å²) < 4.78 is 5.07. The molecule has 0 aliphatic carbocycles. The molecule has 1 saturated heterocycles. The zero-order valence-corrected chi connectivity index (χ0v) is 15.3. The quantitative estimate of drug-likeness (QED) is 0.833. The molecular formula is C19H26N2O5. The Labute approximate surface area is 153 Å². The summed E-state index contributed by atoms with van der Waals surface area (Å²) in [4.78, 5) is 38.7. The van der Waals surface area contributed by atoms with Gasteiger partial charge in [-0.05, 0) is 37.0 Å². The summed E-state index contributed by atoms with van der Waals surface area (Å²) in [6.45, 7) is 2.71. The molecule has 1 atom stereocenters. The lowest BCUT2D eigenvalue weighted by Crippen LogP contribution is -2.43. The maximum absolute atomic E-state index is 12.7. The SMILES string of the molecule is COCc1ccc(C(=O)N2CCCC(N(CC(=O)O)C(C)=O)CC2)cc1. The zero-order chi connectivity index (χ0) is 19.1. The van der Waals surface area contributed by atoms with Gasteiger partial charge in [0.2, 0.25) is 5.91 Å². The number of benzene rings is 1. The third kappa shape index (κ3) is 5.29. The lowest BCUT2D eigenvalue weighted by Gasteiger charge is -2.28. The van der Waals surface area contributed by atoms with E-state index in [0.29, 0.717) is 38.1 Å². The van der Waals surface area contributed by atoms with Gasteiger partial charge >= 0.3 is 5.97 Å². The minimum Gasteiger partial charge on any atom is -0.480 e. The van der Waals surface area contributed by atoms with Crippen LogP contribution in [0, 0.1) is 0 Å². The molecule has 2 rings (SSSR count). The van der Waals surface area contributed by atoms with E-state index >= 15 is 0 Å². The number of hydrogen-bond acceptors (Lipinski definition) is 4. The van der Waals surface area contributed by atoms with E-state index in [9.17, 15) is 14.4 Å². The lowest BCUT2D eigenvalue weighted by atomic mass is 10.1. The Kier molecular flexibility index (Phi) is 7.15. The van der Waals surface area contributed by atoms with E-state index in [2.05, 4.69) is 0 Å². The number of carboxylic acids is 1. The summed E-state index contributed by atoms with van der Waals surface area (Å²) in [6.07, 6.45) is 2.02. The fraction of sp³-hybridized carbons (Fsp3) is 0.526. The van der Waals surface area contributed by atoms with Crippen LogP contribution in [-0.2, 0) is 20.9 Å². The molecule has 1 aliphatic rings. The standard InChI is InChI=1S/C19H26N2O5/c1-14(22)21(12-18(23)24)17-4-3-10-20(11-9-17)19(25)16-7-5-15(6-8-16)13-26-2/h5-8,17H,3-4,9-13H2,1-2H3,(H,23,24). The van der Waals surface area contributed by atoms with Gasteiger partial charge in [0.1, 0.15) is 6.54 Å². The topological polar surface area (TPSA) is 87.2 Å². The second-order valence-electron chi connectivity index (χ2n) is 6.55. The van der Waals surface area contributed by atoms with E-state index < -0.39 is 5.97 Å². The van der Waals surface area contributed by atoms with Gasteiger partial charge in [-0.15, -0.1) is 0 Å². The van der Waals surface area contributed by atoms with Crippen molar-refractivity contribution in [2.24, 2.45) is 0 Å². The van der Waals surface area contributed by atoms with Crippen molar-refractivity contribution in [3.8, 4) is 0 Å². The first kappa shape index (κ1) is 19.9. The van der Waals surface area contributed by atoms with Gasteiger partial charge in [0.15, 0.2) is 0 Å². The van der Waals surface area contributed by atoms with Crippen molar-refractivity contribution in [1.82, 2.24) is 9.80 Å². The Morgan fingerprint density at radius 2 is 1.88 bits per heavy atom. The maximum atomic E-state index is 12.7. The fourth-order valence-electron chi connectivity index (χ4n) is 3.33. The van der Waals surface area contributed by atoms with Gasteiger partial charge in [-0.3, -0.25) is 14.4 Å². The van der Waals surface area contributed by atoms with Crippen molar-refractivity contribution in [3.05, 3.63) is 35.4 Å². The maximum Gasteiger partial charge on any atom is 0.323 e. The number of hydrogen-bond donors (Lipinski definition) is 1. The Morgan fingerprint density at radius 1 is 1.19 bits per heavy atom. The van der Waals surface area contributed by atoms with E-state index in [-0.39, 0.29) is 24.4 Å². The summed E-state index contributed by atoms with van der Waals surface area (Å²) in [6, 6.07) is 7.20. The number of methoxy groups -OCH3 is 1. The number of carbonyl (C=O) groups is 3. The summed E-state index contributed by atoms with van der Waals surface area (Å²) >= 11 is 0. The second kappa shape index (κ2) is 9.33. The van der Waals surface area contributed by atoms with Crippen LogP contribution in [0.15, 0.2) is 24.3 Å². The predicted octanol–water partition coefficient (Wildman–Crippen LogP) is 1.76. The van der Waals surface area contributed by atoms with Crippen molar-refractivity contribution in [1.29, 1.82) is 0 Å². The smallest absolute Gasteiger partial charge is 0.323 e. The molecule has 26 heavy (non-hydrogen) atoms. The third-order valence-corrected chi connectivity index (χ3v) is 4.65. The Morgan fingerprint density at radius 3 is 2.46 bits per heavy atom. The minimum atomic E-state index is -1.02. The van der Waals surface area contributed by atoms with Gasteiger partial charge in [-0.25, -0.2) is 0 Å². The van der Waals surface area contributed by atoms with Crippen LogP contribution >= 0.6 is 0 Å². The highest BCUT2D eigenvalue weighted by Gasteiger charge is 2.27. The van der Waals surface area contributed by atoms with Crippen LogP contribution in [-0.4, -0.2) is 65.5 Å². The van der Waals surface area contributed by atoms with Crippen LogP contribution in [0.1, 0.15) is 42.1 Å². The minimum absolute atomic E-state index is 0.0396. The number of ether oxygens (including phenoxy) is 1. The molecule has 1 aliphatic heterocycles. The highest BCUT2D eigenvalue weighted by atomic mass is 16.5. The highest BCUT2D eigenvalue weighted by molar-refractivity contribution is 5.94. The monoisotopic (exact) mass is 362 g/mol. The van der Waals surface area contributed by atoms with Crippen LogP contribution in [0.2, 0.25) is 0 Å². The van der Waals surface area contributed by atoms with Crippen molar-refractivity contribution >= 4 is 17.8 Å². The number of aliphatic carboxylic acids is 1. The first-order valence-electron chi connectivity index (χ1n) is 8.78. The molecule has 0 radical (unpaired) electrons. The molecule has 1 fully saturated rings. The average Bonchev–Trinajstić information content (AvgIpc) is 2.85. The van der Waals surface area contributed by atoms with Gasteiger partial charge in [-0.2, -0.15) is 0 Å². The van der Waals surface area contributed by atoms with Crippen LogP contribution in [0.4, 0.5) is 0 Å². The molecule has 2 amide bonds. The second-order valence-corrected chi connectivity index (χ2v) is 6.55. The Hall–Kier alpha value is -2.41. The van der Waals surface area contributed by atoms with E-state index in [0.717, 1.165) is 12.0 Å². The van der Waals surface area contributed by atoms with Crippen LogP contribution in [0.5, 0.6) is 0 Å². The van der Waals surface area contributed by atoms with Crippen molar-refractivity contribution in [3.63, 3.8) is 0 Å². The third-order valence-electron chi connectivity index (χ3n) is 4.65.